The molecular weight excluding hydrogens is 430 g/mol. The topological polar surface area (TPSA) is 35.0 Å². The minimum atomic E-state index is -2.81. The highest BCUT2D eigenvalue weighted by atomic mass is 19.3. The Morgan fingerprint density at radius 1 is 0.794 bits per heavy atom. The lowest BCUT2D eigenvalue weighted by Crippen LogP contribution is -2.15. The Morgan fingerprint density at radius 3 is 1.94 bits per heavy atom. The van der Waals surface area contributed by atoms with E-state index < -0.39 is 6.61 Å². The molecule has 1 aliphatic carbocycles. The third kappa shape index (κ3) is 9.68. The fraction of sp³-hybridized carbons (Fsp3) is 0.655. The number of nitrogens with zero attached hydrogens (tertiary/aromatic N) is 2. The molecule has 0 amide bonds. The molecule has 0 atom stereocenters. The maximum absolute atomic E-state index is 12.3. The fourth-order valence-corrected chi connectivity index (χ4v) is 5.16. The van der Waals surface area contributed by atoms with Crippen LogP contribution in [0, 0.1) is 11.8 Å². The number of benzene rings is 1. The zero-order chi connectivity index (χ0) is 24.0. The lowest BCUT2D eigenvalue weighted by molar-refractivity contribution is -0.0498. The van der Waals surface area contributed by atoms with Gasteiger partial charge in [-0.25, -0.2) is 9.97 Å². The van der Waals surface area contributed by atoms with E-state index in [2.05, 4.69) is 21.6 Å². The van der Waals surface area contributed by atoms with Crippen molar-refractivity contribution in [3.05, 3.63) is 42.2 Å². The predicted molar refractivity (Wildman–Crippen MR) is 135 cm³/mol. The van der Waals surface area contributed by atoms with E-state index in [1.807, 2.05) is 12.4 Å². The van der Waals surface area contributed by atoms with E-state index >= 15 is 0 Å². The molecule has 1 aromatic carbocycles. The van der Waals surface area contributed by atoms with Gasteiger partial charge in [0.1, 0.15) is 5.75 Å². The standard InChI is InChI=1S/C29H42F2N2O/c1-2-3-4-5-6-7-8-9-10-23-11-13-24(14-12-23)15-16-25-21-32-28(33-22-25)26-17-19-27(20-18-26)34-29(30)31/h17-24,29H,2-16H2,1H3. The smallest absolute Gasteiger partial charge is 0.387 e. The fourth-order valence-electron chi connectivity index (χ4n) is 5.16. The number of halogens is 2. The van der Waals surface area contributed by atoms with Gasteiger partial charge in [-0.2, -0.15) is 8.78 Å². The number of hydrogen-bond acceptors (Lipinski definition) is 3. The third-order valence-corrected chi connectivity index (χ3v) is 7.32. The Labute approximate surface area is 204 Å². The van der Waals surface area contributed by atoms with Gasteiger partial charge in [0.05, 0.1) is 0 Å². The highest BCUT2D eigenvalue weighted by Crippen LogP contribution is 2.34. The number of aryl methyl sites for hydroxylation is 1. The average molecular weight is 473 g/mol. The van der Waals surface area contributed by atoms with Gasteiger partial charge in [-0.3, -0.25) is 0 Å². The summed E-state index contributed by atoms with van der Waals surface area (Å²) >= 11 is 0. The van der Waals surface area contributed by atoms with Crippen LogP contribution in [0.4, 0.5) is 8.78 Å². The number of hydrogen-bond donors (Lipinski definition) is 0. The molecule has 0 N–H and O–H groups in total. The summed E-state index contributed by atoms with van der Waals surface area (Å²) < 4.78 is 29.0. The molecule has 0 bridgehead atoms. The highest BCUT2D eigenvalue weighted by Gasteiger charge is 2.20. The van der Waals surface area contributed by atoms with Gasteiger partial charge in [-0.1, -0.05) is 90.4 Å². The quantitative estimate of drug-likeness (QED) is 0.243. The first-order valence-electron chi connectivity index (χ1n) is 13.5. The van der Waals surface area contributed by atoms with Crippen LogP contribution in [0.5, 0.6) is 5.75 Å². The second-order valence-corrected chi connectivity index (χ2v) is 10.0. The molecule has 0 spiro atoms. The predicted octanol–water partition coefficient (Wildman–Crippen LogP) is 9.01. The molecule has 1 aromatic heterocycles. The molecule has 0 unspecified atom stereocenters. The van der Waals surface area contributed by atoms with E-state index in [9.17, 15) is 8.78 Å². The summed E-state index contributed by atoms with van der Waals surface area (Å²) in [7, 11) is 0. The van der Waals surface area contributed by atoms with Crippen molar-refractivity contribution < 1.29 is 13.5 Å². The first-order valence-corrected chi connectivity index (χ1v) is 13.5. The van der Waals surface area contributed by atoms with Crippen LogP contribution < -0.4 is 4.74 Å². The second-order valence-electron chi connectivity index (χ2n) is 10.0. The Hall–Kier alpha value is -2.04. The van der Waals surface area contributed by atoms with Crippen LogP contribution in [0.3, 0.4) is 0 Å². The molecule has 1 heterocycles. The molecule has 34 heavy (non-hydrogen) atoms. The summed E-state index contributed by atoms with van der Waals surface area (Å²) in [4.78, 5) is 8.97. The molecular formula is C29H42F2N2O. The van der Waals surface area contributed by atoms with Gasteiger partial charge in [0.2, 0.25) is 0 Å². The summed E-state index contributed by atoms with van der Waals surface area (Å²) in [6, 6.07) is 6.45. The van der Waals surface area contributed by atoms with Crippen molar-refractivity contribution in [2.45, 2.75) is 110 Å². The van der Waals surface area contributed by atoms with Gasteiger partial charge in [0.15, 0.2) is 5.82 Å². The van der Waals surface area contributed by atoms with E-state index in [-0.39, 0.29) is 5.75 Å². The summed E-state index contributed by atoms with van der Waals surface area (Å²) in [5.41, 5.74) is 1.96. The van der Waals surface area contributed by atoms with Crippen LogP contribution in [0.2, 0.25) is 0 Å². The van der Waals surface area contributed by atoms with Crippen molar-refractivity contribution in [1.82, 2.24) is 9.97 Å². The summed E-state index contributed by atoms with van der Waals surface area (Å²) in [5, 5.41) is 0. The van der Waals surface area contributed by atoms with Crippen LogP contribution >= 0.6 is 0 Å². The van der Waals surface area contributed by atoms with E-state index in [1.165, 1.54) is 108 Å². The number of ether oxygens (including phenoxy) is 1. The third-order valence-electron chi connectivity index (χ3n) is 7.32. The zero-order valence-electron chi connectivity index (χ0n) is 20.9. The van der Waals surface area contributed by atoms with Crippen molar-refractivity contribution in [3.63, 3.8) is 0 Å². The van der Waals surface area contributed by atoms with Gasteiger partial charge in [-0.05, 0) is 54.5 Å². The van der Waals surface area contributed by atoms with Crippen LogP contribution in [-0.4, -0.2) is 16.6 Å². The van der Waals surface area contributed by atoms with E-state index in [1.54, 1.807) is 12.1 Å². The molecule has 1 aliphatic rings. The number of rotatable bonds is 15. The first-order chi connectivity index (χ1) is 16.6. The largest absolute Gasteiger partial charge is 0.435 e. The lowest BCUT2D eigenvalue weighted by Gasteiger charge is -2.28. The second kappa shape index (κ2) is 15.1. The molecule has 1 saturated carbocycles. The van der Waals surface area contributed by atoms with Gasteiger partial charge < -0.3 is 4.74 Å². The molecule has 188 valence electrons. The van der Waals surface area contributed by atoms with E-state index in [4.69, 9.17) is 0 Å². The van der Waals surface area contributed by atoms with Crippen molar-refractivity contribution in [2.75, 3.05) is 0 Å². The van der Waals surface area contributed by atoms with Crippen molar-refractivity contribution in [1.29, 1.82) is 0 Å². The van der Waals surface area contributed by atoms with E-state index in [0.717, 1.165) is 23.8 Å². The number of alkyl halides is 2. The summed E-state index contributed by atoms with van der Waals surface area (Å²) in [6.07, 6.45) is 24.3. The SMILES string of the molecule is CCCCCCCCCCC1CCC(CCc2cnc(-c3ccc(OC(F)F)cc3)nc2)CC1. The minimum Gasteiger partial charge on any atom is -0.435 e. The summed E-state index contributed by atoms with van der Waals surface area (Å²) in [6.45, 7) is -0.533. The van der Waals surface area contributed by atoms with E-state index in [0.29, 0.717) is 5.82 Å². The van der Waals surface area contributed by atoms with Crippen LogP contribution in [-0.2, 0) is 6.42 Å². The van der Waals surface area contributed by atoms with Crippen molar-refractivity contribution >= 4 is 0 Å². The van der Waals surface area contributed by atoms with Crippen molar-refractivity contribution in [2.24, 2.45) is 11.8 Å². The summed E-state index contributed by atoms with van der Waals surface area (Å²) in [5.74, 6) is 2.53. The van der Waals surface area contributed by atoms with Crippen LogP contribution in [0.1, 0.15) is 102 Å². The Kier molecular flexibility index (Phi) is 11.8. The van der Waals surface area contributed by atoms with Crippen molar-refractivity contribution in [3.8, 4) is 17.1 Å². The Morgan fingerprint density at radius 2 is 1.35 bits per heavy atom. The average Bonchev–Trinajstić information content (AvgIpc) is 2.85. The molecule has 0 radical (unpaired) electrons. The maximum atomic E-state index is 12.3. The highest BCUT2D eigenvalue weighted by molar-refractivity contribution is 5.55. The zero-order valence-corrected chi connectivity index (χ0v) is 20.9. The van der Waals surface area contributed by atoms with Gasteiger partial charge in [0, 0.05) is 18.0 Å². The molecule has 2 aromatic rings. The Bertz CT molecular complexity index is 787. The lowest BCUT2D eigenvalue weighted by atomic mass is 9.78. The number of unbranched alkanes of at least 4 members (excludes halogenated alkanes) is 7. The molecule has 3 nitrogen and oxygen atoms in total. The molecule has 3 rings (SSSR count). The van der Waals surface area contributed by atoms with Gasteiger partial charge >= 0.3 is 6.61 Å². The van der Waals surface area contributed by atoms with Gasteiger partial charge in [-0.15, -0.1) is 0 Å². The minimum absolute atomic E-state index is 0.142. The molecule has 0 aliphatic heterocycles. The first kappa shape index (κ1) is 26.6. The monoisotopic (exact) mass is 472 g/mol. The van der Waals surface area contributed by atoms with Crippen LogP contribution in [0.25, 0.3) is 11.4 Å². The Balaban J connectivity index is 1.29. The maximum Gasteiger partial charge on any atom is 0.387 e. The molecule has 0 saturated heterocycles. The van der Waals surface area contributed by atoms with Gasteiger partial charge in [0.25, 0.3) is 0 Å². The number of aromatic nitrogens is 2. The normalized spacial score (nSPS) is 18.4. The molecule has 5 heteroatoms. The van der Waals surface area contributed by atoms with Crippen LogP contribution in [0.15, 0.2) is 36.7 Å². The molecule has 1 fully saturated rings.